The molecule has 1 aromatic carbocycles. The van der Waals surface area contributed by atoms with E-state index >= 15 is 0 Å². The predicted molar refractivity (Wildman–Crippen MR) is 104 cm³/mol. The summed E-state index contributed by atoms with van der Waals surface area (Å²) in [6.07, 6.45) is 1.19. The van der Waals surface area contributed by atoms with Crippen LogP contribution in [0.1, 0.15) is 20.3 Å². The number of nitrogens with one attached hydrogen (secondary N) is 1. The molecular formula is C17H25F2IN4. The third-order valence-electron chi connectivity index (χ3n) is 4.56. The van der Waals surface area contributed by atoms with Gasteiger partial charge in [-0.25, -0.2) is 8.78 Å². The maximum atomic E-state index is 13.9. The minimum absolute atomic E-state index is 0. The molecule has 1 saturated heterocycles. The molecule has 0 amide bonds. The van der Waals surface area contributed by atoms with Gasteiger partial charge in [0.15, 0.2) is 5.96 Å². The van der Waals surface area contributed by atoms with Gasteiger partial charge < -0.3 is 15.1 Å². The molecule has 1 heterocycles. The van der Waals surface area contributed by atoms with Crippen LogP contribution >= 0.6 is 24.0 Å². The van der Waals surface area contributed by atoms with E-state index < -0.39 is 5.82 Å². The lowest BCUT2D eigenvalue weighted by Crippen LogP contribution is -2.53. The molecule has 4 nitrogen and oxygen atoms in total. The Bertz CT molecular complexity index is 588. The standard InChI is InChI=1S/C17H24F2N4.HI/c1-3-20-17(21-15-10-12(15)2)23-8-6-22(7-9-23)16-11-13(18)4-5-14(16)19;/h4-5,11-12,15H,3,6-10H2,1-2H3,(H,20,21);1H. The molecule has 3 rings (SSSR count). The number of halogens is 3. The van der Waals surface area contributed by atoms with Crippen LogP contribution in [-0.2, 0) is 0 Å². The lowest BCUT2D eigenvalue weighted by Gasteiger charge is -2.38. The molecule has 1 N–H and O–H groups in total. The van der Waals surface area contributed by atoms with Gasteiger partial charge in [0.2, 0.25) is 0 Å². The van der Waals surface area contributed by atoms with Gasteiger partial charge >= 0.3 is 0 Å². The number of rotatable bonds is 3. The fraction of sp³-hybridized carbons (Fsp3) is 0.588. The van der Waals surface area contributed by atoms with Gasteiger partial charge in [-0.05, 0) is 31.4 Å². The first-order valence-electron chi connectivity index (χ1n) is 8.34. The van der Waals surface area contributed by atoms with Crippen molar-refractivity contribution in [3.05, 3.63) is 29.8 Å². The van der Waals surface area contributed by atoms with Gasteiger partial charge in [-0.1, -0.05) is 6.92 Å². The second kappa shape index (κ2) is 8.31. The quantitative estimate of drug-likeness (QED) is 0.437. The summed E-state index contributed by atoms with van der Waals surface area (Å²) in [4.78, 5) is 8.68. The van der Waals surface area contributed by atoms with Crippen molar-refractivity contribution in [2.45, 2.75) is 26.3 Å². The van der Waals surface area contributed by atoms with Crippen LogP contribution in [0.5, 0.6) is 0 Å². The molecule has 0 spiro atoms. The third kappa shape index (κ3) is 4.49. The predicted octanol–water partition coefficient (Wildman–Crippen LogP) is 3.08. The third-order valence-corrected chi connectivity index (χ3v) is 4.56. The molecule has 2 fully saturated rings. The Balaban J connectivity index is 0.00000208. The summed E-state index contributed by atoms with van der Waals surface area (Å²) in [6, 6.07) is 4.15. The van der Waals surface area contributed by atoms with E-state index in [4.69, 9.17) is 0 Å². The van der Waals surface area contributed by atoms with Gasteiger partial charge in [0.1, 0.15) is 11.6 Å². The average molecular weight is 450 g/mol. The first-order chi connectivity index (χ1) is 11.1. The number of hydrogen-bond donors (Lipinski definition) is 1. The Morgan fingerprint density at radius 3 is 2.50 bits per heavy atom. The maximum Gasteiger partial charge on any atom is 0.194 e. The van der Waals surface area contributed by atoms with E-state index in [1.54, 1.807) is 0 Å². The zero-order valence-corrected chi connectivity index (χ0v) is 16.5. The largest absolute Gasteiger partial charge is 0.366 e. The Morgan fingerprint density at radius 2 is 1.92 bits per heavy atom. The summed E-state index contributed by atoms with van der Waals surface area (Å²) >= 11 is 0. The van der Waals surface area contributed by atoms with Gasteiger partial charge in [0.25, 0.3) is 0 Å². The second-order valence-electron chi connectivity index (χ2n) is 6.33. The molecule has 1 aliphatic carbocycles. The van der Waals surface area contributed by atoms with Crippen molar-refractivity contribution in [1.82, 2.24) is 10.2 Å². The molecule has 0 bridgehead atoms. The summed E-state index contributed by atoms with van der Waals surface area (Å²) in [5, 5.41) is 3.51. The summed E-state index contributed by atoms with van der Waals surface area (Å²) in [7, 11) is 0. The summed E-state index contributed by atoms with van der Waals surface area (Å²) in [6.45, 7) is 7.81. The van der Waals surface area contributed by atoms with Crippen molar-refractivity contribution >= 4 is 35.6 Å². The number of guanidine groups is 1. The Kier molecular flexibility index (Phi) is 6.65. The highest BCUT2D eigenvalue weighted by Crippen LogP contribution is 2.29. The summed E-state index contributed by atoms with van der Waals surface area (Å²) in [5.41, 5.74) is 0.349. The number of nitrogens with zero attached hydrogens (tertiary/aromatic N) is 3. The topological polar surface area (TPSA) is 30.9 Å². The van der Waals surface area contributed by atoms with Gasteiger partial charge in [-0.2, -0.15) is 0 Å². The summed E-state index contributed by atoms with van der Waals surface area (Å²) in [5.74, 6) is 0.884. The van der Waals surface area contributed by atoms with E-state index in [0.29, 0.717) is 30.7 Å². The fourth-order valence-electron chi connectivity index (χ4n) is 2.96. The molecular weight excluding hydrogens is 425 g/mol. The minimum atomic E-state index is -0.401. The molecule has 2 atom stereocenters. The molecule has 0 radical (unpaired) electrons. The summed E-state index contributed by atoms with van der Waals surface area (Å²) < 4.78 is 27.3. The Hall–Kier alpha value is -1.12. The van der Waals surface area contributed by atoms with Gasteiger partial charge in [0.05, 0.1) is 5.69 Å². The SMILES string of the molecule is CCN=C(NC1CC1C)N1CCN(c2cc(F)ccc2F)CC1.I. The molecule has 1 aromatic rings. The van der Waals surface area contributed by atoms with Crippen molar-refractivity contribution in [2.75, 3.05) is 37.6 Å². The van der Waals surface area contributed by atoms with Crippen molar-refractivity contribution in [2.24, 2.45) is 10.9 Å². The van der Waals surface area contributed by atoms with Crippen LogP contribution in [0.15, 0.2) is 23.2 Å². The van der Waals surface area contributed by atoms with Crippen molar-refractivity contribution in [3.63, 3.8) is 0 Å². The van der Waals surface area contributed by atoms with Crippen LogP contribution < -0.4 is 10.2 Å². The number of aliphatic imine (C=N–C) groups is 1. The van der Waals surface area contributed by atoms with Gasteiger partial charge in [0, 0.05) is 44.8 Å². The monoisotopic (exact) mass is 450 g/mol. The van der Waals surface area contributed by atoms with Crippen LogP contribution in [0.2, 0.25) is 0 Å². The van der Waals surface area contributed by atoms with E-state index in [9.17, 15) is 8.78 Å². The first kappa shape index (κ1) is 19.2. The van der Waals surface area contributed by atoms with Gasteiger partial charge in [-0.3, -0.25) is 4.99 Å². The zero-order valence-electron chi connectivity index (χ0n) is 14.1. The van der Waals surface area contributed by atoms with Crippen LogP contribution in [0.4, 0.5) is 14.5 Å². The highest BCUT2D eigenvalue weighted by Gasteiger charge is 2.34. The van der Waals surface area contributed by atoms with E-state index in [1.807, 2.05) is 11.8 Å². The average Bonchev–Trinajstić information content (AvgIpc) is 3.25. The van der Waals surface area contributed by atoms with Crippen LogP contribution in [-0.4, -0.2) is 49.6 Å². The molecule has 1 saturated carbocycles. The zero-order chi connectivity index (χ0) is 16.4. The number of anilines is 1. The van der Waals surface area contributed by atoms with Crippen LogP contribution in [0.3, 0.4) is 0 Å². The molecule has 24 heavy (non-hydrogen) atoms. The van der Waals surface area contributed by atoms with Gasteiger partial charge in [-0.15, -0.1) is 24.0 Å². The highest BCUT2D eigenvalue weighted by molar-refractivity contribution is 14.0. The smallest absolute Gasteiger partial charge is 0.194 e. The lowest BCUT2D eigenvalue weighted by atomic mass is 10.2. The molecule has 0 aromatic heterocycles. The van der Waals surface area contributed by atoms with Crippen LogP contribution in [0.25, 0.3) is 0 Å². The van der Waals surface area contributed by atoms with E-state index in [-0.39, 0.29) is 29.8 Å². The molecule has 1 aliphatic heterocycles. The Labute approximate surface area is 159 Å². The number of hydrogen-bond acceptors (Lipinski definition) is 2. The van der Waals surface area contributed by atoms with Crippen molar-refractivity contribution in [3.8, 4) is 0 Å². The van der Waals surface area contributed by atoms with Crippen LogP contribution in [0, 0.1) is 17.6 Å². The van der Waals surface area contributed by atoms with Crippen molar-refractivity contribution in [1.29, 1.82) is 0 Å². The highest BCUT2D eigenvalue weighted by atomic mass is 127. The molecule has 2 unspecified atom stereocenters. The lowest BCUT2D eigenvalue weighted by molar-refractivity contribution is 0.369. The normalized spacial score (nSPS) is 23.8. The number of benzene rings is 1. The number of piperazine rings is 1. The fourth-order valence-corrected chi connectivity index (χ4v) is 2.96. The molecule has 7 heteroatoms. The maximum absolute atomic E-state index is 13.9. The van der Waals surface area contributed by atoms with E-state index in [0.717, 1.165) is 31.7 Å². The first-order valence-corrected chi connectivity index (χ1v) is 8.34. The van der Waals surface area contributed by atoms with E-state index in [1.165, 1.54) is 18.6 Å². The molecule has 2 aliphatic rings. The second-order valence-corrected chi connectivity index (χ2v) is 6.33. The Morgan fingerprint density at radius 1 is 1.25 bits per heavy atom. The van der Waals surface area contributed by atoms with E-state index in [2.05, 4.69) is 22.1 Å². The minimum Gasteiger partial charge on any atom is -0.366 e. The van der Waals surface area contributed by atoms with Crippen molar-refractivity contribution < 1.29 is 8.78 Å². The molecule has 134 valence electrons.